The van der Waals surface area contributed by atoms with Crippen molar-refractivity contribution >= 4 is 69.9 Å². The number of fused-ring (bicyclic) bond motifs is 13. The molecule has 7 heterocycles. The number of amidine groups is 2. The quantitative estimate of drug-likeness (QED) is 0.197. The molecule has 48 heavy (non-hydrogen) atoms. The second-order valence-electron chi connectivity index (χ2n) is 12.6. The van der Waals surface area contributed by atoms with Crippen LogP contribution in [-0.2, 0) is 10.4 Å². The molecule has 0 saturated heterocycles. The number of aromatic nitrogens is 3. The molecule has 4 aliphatic heterocycles. The molecule has 0 amide bonds. The fourth-order valence-corrected chi connectivity index (χ4v) is 17.0. The molecular formula is C39H23GeN7O. The monoisotopic (exact) mass is 679 g/mol. The van der Waals surface area contributed by atoms with Crippen molar-refractivity contribution in [1.82, 2.24) is 10.6 Å². The minimum absolute atomic E-state index is 0.423. The Bertz CT molecular complexity index is 3080. The van der Waals surface area contributed by atoms with Crippen molar-refractivity contribution in [3.05, 3.63) is 166 Å². The van der Waals surface area contributed by atoms with Crippen molar-refractivity contribution in [3.63, 3.8) is 0 Å². The van der Waals surface area contributed by atoms with Gasteiger partial charge in [-0.05, 0) is 0 Å². The summed E-state index contributed by atoms with van der Waals surface area (Å²) in [5.74, 6) is 3.01. The molecule has 8 nitrogen and oxygen atoms in total. The molecule has 0 aliphatic carbocycles. The molecule has 1 atom stereocenters. The summed E-state index contributed by atoms with van der Waals surface area (Å²) in [5.41, 5.74) is 4.86. The summed E-state index contributed by atoms with van der Waals surface area (Å²) in [4.78, 5) is 21.6. The van der Waals surface area contributed by atoms with Gasteiger partial charge in [-0.3, -0.25) is 0 Å². The Labute approximate surface area is 275 Å². The topological polar surface area (TPSA) is 73.5 Å². The van der Waals surface area contributed by atoms with Crippen LogP contribution in [0.1, 0.15) is 16.7 Å². The minimum atomic E-state index is -4.42. The van der Waals surface area contributed by atoms with E-state index in [1.54, 1.807) is 0 Å². The normalized spacial score (nSPS) is 17.6. The molecule has 5 aromatic carbocycles. The van der Waals surface area contributed by atoms with Gasteiger partial charge in [0.25, 0.3) is 0 Å². The number of rotatable bonds is 3. The molecule has 1 unspecified atom stereocenters. The summed E-state index contributed by atoms with van der Waals surface area (Å²) in [6, 6.07) is 44.5. The summed E-state index contributed by atoms with van der Waals surface area (Å²) >= 11 is -4.42. The van der Waals surface area contributed by atoms with Gasteiger partial charge >= 0.3 is 277 Å². The van der Waals surface area contributed by atoms with E-state index in [0.717, 1.165) is 82.3 Å². The number of nitrogens with zero attached hydrogens (tertiary/aromatic N) is 7. The van der Waals surface area contributed by atoms with Gasteiger partial charge in [-0.15, -0.1) is 0 Å². The zero-order valence-electron chi connectivity index (χ0n) is 25.4. The molecule has 8 aromatic rings. The van der Waals surface area contributed by atoms with Crippen molar-refractivity contribution in [2.45, 2.75) is 6.61 Å². The molecule has 2 bridgehead atoms. The van der Waals surface area contributed by atoms with Gasteiger partial charge in [0.2, 0.25) is 0 Å². The van der Waals surface area contributed by atoms with Crippen LogP contribution in [0.3, 0.4) is 0 Å². The van der Waals surface area contributed by atoms with E-state index in [0.29, 0.717) is 18.3 Å². The van der Waals surface area contributed by atoms with Crippen molar-refractivity contribution in [3.8, 4) is 0 Å². The van der Waals surface area contributed by atoms with E-state index >= 15 is 0 Å². The predicted molar refractivity (Wildman–Crippen MR) is 188 cm³/mol. The van der Waals surface area contributed by atoms with Crippen LogP contribution in [0.15, 0.2) is 147 Å². The first-order chi connectivity index (χ1) is 23.8. The molecule has 12 rings (SSSR count). The molecule has 0 radical (unpaired) electrons. The Morgan fingerprint density at radius 3 is 1.54 bits per heavy atom. The summed E-state index contributed by atoms with van der Waals surface area (Å²) in [7, 11) is 0. The third-order valence-corrected chi connectivity index (χ3v) is 17.7. The van der Waals surface area contributed by atoms with Crippen LogP contribution in [0.25, 0.3) is 32.3 Å². The average molecular weight is 678 g/mol. The van der Waals surface area contributed by atoms with Crippen LogP contribution in [0.4, 0.5) is 11.6 Å². The second kappa shape index (κ2) is 8.74. The Kier molecular flexibility index (Phi) is 4.60. The van der Waals surface area contributed by atoms with E-state index < -0.39 is 14.3 Å². The maximum atomic E-state index is 7.69. The standard InChI is InChI=1S/C39H23GeN7O/c1-2-12-23(13-3-1)22-48-40-45-32-24-14-4-8-18-28(24)36(45)42-34-26-16-6-7-17-27(26)35(41-34)43-37-30-20-10-11-21-31(30)39(47(37)40)44-38-29-19-9-5-15-25(29)33(32)46(38)40/h1-21H,22H2. The van der Waals surface area contributed by atoms with Gasteiger partial charge in [-0.1, -0.05) is 0 Å². The molecule has 0 saturated carbocycles. The van der Waals surface area contributed by atoms with Gasteiger partial charge in [0.05, 0.1) is 0 Å². The van der Waals surface area contributed by atoms with Crippen molar-refractivity contribution in [1.29, 1.82) is 0 Å². The van der Waals surface area contributed by atoms with Gasteiger partial charge in [-0.2, -0.15) is 0 Å². The van der Waals surface area contributed by atoms with E-state index in [2.05, 4.69) is 120 Å². The summed E-state index contributed by atoms with van der Waals surface area (Å²) in [5, 5.41) is 8.80. The van der Waals surface area contributed by atoms with E-state index in [9.17, 15) is 0 Å². The number of aliphatic imine (C=N–C) groups is 2. The first kappa shape index (κ1) is 25.3. The number of hydrogen-bond acceptors (Lipinski definition) is 5. The Morgan fingerprint density at radius 2 is 0.917 bits per heavy atom. The first-order valence-electron chi connectivity index (χ1n) is 16.1. The van der Waals surface area contributed by atoms with Crippen molar-refractivity contribution in [2.75, 3.05) is 0 Å². The number of benzene rings is 5. The Morgan fingerprint density at radius 1 is 0.438 bits per heavy atom. The van der Waals surface area contributed by atoms with Crippen LogP contribution in [0.2, 0.25) is 0 Å². The molecule has 0 fully saturated rings. The van der Waals surface area contributed by atoms with Crippen molar-refractivity contribution < 1.29 is 3.76 Å². The SMILES string of the molecule is c1ccc(C[O][Ge]23[n]4c5c6ccccc6c4N=c4c6ccccc6c([n]42)=c2c4ccccc4c([n]23)=NC2=NC(=N5)c3ccccc32)cc1. The van der Waals surface area contributed by atoms with Crippen LogP contribution in [0, 0.1) is 10.7 Å². The average Bonchev–Trinajstić information content (AvgIpc) is 3.91. The Balaban J connectivity index is 1.40. The van der Waals surface area contributed by atoms with Crippen molar-refractivity contribution in [2.24, 2.45) is 20.0 Å². The summed E-state index contributed by atoms with van der Waals surface area (Å²) < 4.78 is 15.0. The van der Waals surface area contributed by atoms with Crippen LogP contribution < -0.4 is 11.0 Å². The van der Waals surface area contributed by atoms with Gasteiger partial charge in [0, 0.05) is 0 Å². The third-order valence-electron chi connectivity index (χ3n) is 10.2. The Hall–Kier alpha value is -5.84. The number of hydrogen-bond donors (Lipinski definition) is 0. The zero-order valence-corrected chi connectivity index (χ0v) is 27.5. The van der Waals surface area contributed by atoms with Crippen LogP contribution in [-0.4, -0.2) is 36.5 Å². The summed E-state index contributed by atoms with van der Waals surface area (Å²) in [6.07, 6.45) is 0. The predicted octanol–water partition coefficient (Wildman–Crippen LogP) is 6.48. The molecule has 0 spiro atoms. The van der Waals surface area contributed by atoms with Gasteiger partial charge in [0.1, 0.15) is 0 Å². The fraction of sp³-hybridized carbons (Fsp3) is 0.0256. The summed E-state index contributed by atoms with van der Waals surface area (Å²) in [6.45, 7) is 0.423. The first-order valence-corrected chi connectivity index (χ1v) is 19.8. The maximum absolute atomic E-state index is 7.69. The zero-order chi connectivity index (χ0) is 31.1. The van der Waals surface area contributed by atoms with Gasteiger partial charge < -0.3 is 0 Å². The van der Waals surface area contributed by atoms with Gasteiger partial charge in [0.15, 0.2) is 0 Å². The molecule has 4 aliphatic rings. The molecule has 224 valence electrons. The van der Waals surface area contributed by atoms with Gasteiger partial charge in [-0.25, -0.2) is 0 Å². The second-order valence-corrected chi connectivity index (χ2v) is 18.5. The molecule has 3 aromatic heterocycles. The van der Waals surface area contributed by atoms with Crippen LogP contribution >= 0.6 is 0 Å². The third kappa shape index (κ3) is 2.88. The molecule has 0 N–H and O–H groups in total. The van der Waals surface area contributed by atoms with E-state index in [1.807, 2.05) is 18.2 Å². The van der Waals surface area contributed by atoms with E-state index in [-0.39, 0.29) is 0 Å². The van der Waals surface area contributed by atoms with Crippen LogP contribution in [0.5, 0.6) is 0 Å². The molecule has 9 heteroatoms. The molecular weight excluding hydrogens is 655 g/mol. The van der Waals surface area contributed by atoms with E-state index in [1.165, 1.54) is 0 Å². The van der Waals surface area contributed by atoms with E-state index in [4.69, 9.17) is 23.7 Å². The fourth-order valence-electron chi connectivity index (χ4n) is 8.24.